The van der Waals surface area contributed by atoms with E-state index in [1.165, 1.54) is 11.1 Å². The van der Waals surface area contributed by atoms with Crippen LogP contribution in [-0.2, 0) is 6.54 Å². The van der Waals surface area contributed by atoms with Crippen molar-refractivity contribution in [3.8, 4) is 0 Å². The zero-order valence-electron chi connectivity index (χ0n) is 10.3. The van der Waals surface area contributed by atoms with Crippen LogP contribution in [0.25, 0.3) is 0 Å². The Hall–Kier alpha value is -1.68. The lowest BCUT2D eigenvalue weighted by Gasteiger charge is -2.13. The van der Waals surface area contributed by atoms with Gasteiger partial charge in [-0.1, -0.05) is 6.92 Å². The lowest BCUT2D eigenvalue weighted by atomic mass is 10.1. The monoisotopic (exact) mass is 230 g/mol. The van der Waals surface area contributed by atoms with Crippen molar-refractivity contribution in [3.05, 3.63) is 47.8 Å². The van der Waals surface area contributed by atoms with Crippen molar-refractivity contribution in [2.75, 3.05) is 0 Å². The van der Waals surface area contributed by atoms with Gasteiger partial charge in [0.15, 0.2) is 0 Å². The van der Waals surface area contributed by atoms with Gasteiger partial charge in [0.05, 0.1) is 18.6 Å². The Balaban J connectivity index is 2.25. The van der Waals surface area contributed by atoms with Gasteiger partial charge in [-0.3, -0.25) is 4.98 Å². The molecule has 1 atom stereocenters. The molecule has 0 unspecified atom stereocenters. The van der Waals surface area contributed by atoms with E-state index in [9.17, 15) is 0 Å². The molecule has 17 heavy (non-hydrogen) atoms. The summed E-state index contributed by atoms with van der Waals surface area (Å²) in [5, 5.41) is 0. The van der Waals surface area contributed by atoms with Crippen molar-refractivity contribution in [1.29, 1.82) is 0 Å². The standard InChI is InChI=1S/C13H18N4/c1-3-12(14)13-7-16-9-17(13)8-11-6-15-5-4-10(11)2/h4-7,9,12H,3,8,14H2,1-2H3/t12-/m1/s1. The maximum Gasteiger partial charge on any atom is 0.0951 e. The molecule has 2 N–H and O–H groups in total. The molecule has 0 bridgehead atoms. The number of pyridine rings is 1. The molecule has 0 spiro atoms. The first-order chi connectivity index (χ1) is 8.22. The first-order valence-electron chi connectivity index (χ1n) is 5.87. The van der Waals surface area contributed by atoms with Gasteiger partial charge in [-0.2, -0.15) is 0 Å². The summed E-state index contributed by atoms with van der Waals surface area (Å²) >= 11 is 0. The minimum atomic E-state index is 0.0504. The average molecular weight is 230 g/mol. The smallest absolute Gasteiger partial charge is 0.0951 e. The minimum Gasteiger partial charge on any atom is -0.329 e. The van der Waals surface area contributed by atoms with Gasteiger partial charge in [0.25, 0.3) is 0 Å². The molecule has 0 amide bonds. The van der Waals surface area contributed by atoms with Gasteiger partial charge < -0.3 is 10.3 Å². The van der Waals surface area contributed by atoms with Crippen LogP contribution >= 0.6 is 0 Å². The van der Waals surface area contributed by atoms with Crippen molar-refractivity contribution in [2.24, 2.45) is 5.73 Å². The van der Waals surface area contributed by atoms with E-state index in [0.29, 0.717) is 0 Å². The number of hydrogen-bond acceptors (Lipinski definition) is 3. The van der Waals surface area contributed by atoms with E-state index >= 15 is 0 Å². The van der Waals surface area contributed by atoms with Crippen molar-refractivity contribution >= 4 is 0 Å². The normalized spacial score (nSPS) is 12.6. The van der Waals surface area contributed by atoms with Crippen molar-refractivity contribution in [3.63, 3.8) is 0 Å². The summed E-state index contributed by atoms with van der Waals surface area (Å²) in [5.74, 6) is 0. The first kappa shape index (κ1) is 11.8. The number of hydrogen-bond donors (Lipinski definition) is 1. The summed E-state index contributed by atoms with van der Waals surface area (Å²) in [6, 6.07) is 2.07. The quantitative estimate of drug-likeness (QED) is 0.874. The van der Waals surface area contributed by atoms with E-state index in [0.717, 1.165) is 18.7 Å². The van der Waals surface area contributed by atoms with Crippen molar-refractivity contribution < 1.29 is 0 Å². The molecule has 0 fully saturated rings. The summed E-state index contributed by atoms with van der Waals surface area (Å²) in [4.78, 5) is 8.34. The SMILES string of the molecule is CC[C@@H](N)c1cncn1Cc1cnccc1C. The molecule has 0 saturated heterocycles. The first-order valence-corrected chi connectivity index (χ1v) is 5.87. The molecule has 0 saturated carbocycles. The van der Waals surface area contributed by atoms with Gasteiger partial charge in [-0.15, -0.1) is 0 Å². The van der Waals surface area contributed by atoms with Crippen molar-refractivity contribution in [2.45, 2.75) is 32.9 Å². The third-order valence-electron chi connectivity index (χ3n) is 3.05. The second kappa shape index (κ2) is 5.10. The van der Waals surface area contributed by atoms with E-state index in [-0.39, 0.29) is 6.04 Å². The lowest BCUT2D eigenvalue weighted by Crippen LogP contribution is -2.15. The minimum absolute atomic E-state index is 0.0504. The highest BCUT2D eigenvalue weighted by Gasteiger charge is 2.10. The largest absolute Gasteiger partial charge is 0.329 e. The number of nitrogens with zero attached hydrogens (tertiary/aromatic N) is 3. The molecular weight excluding hydrogens is 212 g/mol. The zero-order chi connectivity index (χ0) is 12.3. The van der Waals surface area contributed by atoms with Gasteiger partial charge in [0.1, 0.15) is 0 Å². The van der Waals surface area contributed by atoms with Gasteiger partial charge in [0.2, 0.25) is 0 Å². The van der Waals surface area contributed by atoms with Gasteiger partial charge >= 0.3 is 0 Å². The van der Waals surface area contributed by atoms with Crippen LogP contribution in [-0.4, -0.2) is 14.5 Å². The van der Waals surface area contributed by atoms with E-state index in [4.69, 9.17) is 5.73 Å². The third kappa shape index (κ3) is 2.53. The Morgan fingerprint density at radius 1 is 1.35 bits per heavy atom. The van der Waals surface area contributed by atoms with Gasteiger partial charge in [-0.05, 0) is 30.5 Å². The Morgan fingerprint density at radius 2 is 2.18 bits per heavy atom. The van der Waals surface area contributed by atoms with Crippen LogP contribution in [0.15, 0.2) is 31.0 Å². The maximum atomic E-state index is 6.05. The Bertz CT molecular complexity index is 490. The number of imidazole rings is 1. The molecule has 4 heteroatoms. The fourth-order valence-electron chi connectivity index (χ4n) is 1.83. The third-order valence-corrected chi connectivity index (χ3v) is 3.05. The summed E-state index contributed by atoms with van der Waals surface area (Å²) < 4.78 is 2.10. The average Bonchev–Trinajstić information content (AvgIpc) is 2.79. The molecule has 0 aliphatic heterocycles. The molecule has 0 radical (unpaired) electrons. The zero-order valence-corrected chi connectivity index (χ0v) is 10.3. The van der Waals surface area contributed by atoms with E-state index in [1.54, 1.807) is 0 Å². The van der Waals surface area contributed by atoms with Crippen LogP contribution in [0.5, 0.6) is 0 Å². The number of rotatable bonds is 4. The summed E-state index contributed by atoms with van der Waals surface area (Å²) in [6.45, 7) is 4.95. The second-order valence-corrected chi connectivity index (χ2v) is 4.26. The molecule has 0 aliphatic carbocycles. The van der Waals surface area contributed by atoms with Gasteiger partial charge in [-0.25, -0.2) is 4.98 Å². The highest BCUT2D eigenvalue weighted by atomic mass is 15.1. The number of aromatic nitrogens is 3. The Morgan fingerprint density at radius 3 is 2.88 bits per heavy atom. The van der Waals surface area contributed by atoms with Gasteiger partial charge in [0, 0.05) is 24.6 Å². The molecule has 2 heterocycles. The second-order valence-electron chi connectivity index (χ2n) is 4.26. The van der Waals surface area contributed by atoms with E-state index in [2.05, 4.69) is 28.4 Å². The molecule has 4 nitrogen and oxygen atoms in total. The lowest BCUT2D eigenvalue weighted by molar-refractivity contribution is 0.617. The van der Waals surface area contributed by atoms with Crippen LogP contribution in [0.3, 0.4) is 0 Å². The Kier molecular flexibility index (Phi) is 3.54. The number of nitrogens with two attached hydrogens (primary N) is 1. The van der Waals surface area contributed by atoms with Crippen LogP contribution < -0.4 is 5.73 Å². The van der Waals surface area contributed by atoms with E-state index in [1.807, 2.05) is 31.0 Å². The topological polar surface area (TPSA) is 56.7 Å². The summed E-state index contributed by atoms with van der Waals surface area (Å²) in [7, 11) is 0. The predicted molar refractivity (Wildman–Crippen MR) is 67.5 cm³/mol. The van der Waals surface area contributed by atoms with E-state index < -0.39 is 0 Å². The molecule has 2 rings (SSSR count). The van der Waals surface area contributed by atoms with Crippen LogP contribution in [0.2, 0.25) is 0 Å². The molecule has 2 aromatic rings. The maximum absolute atomic E-state index is 6.05. The highest BCUT2D eigenvalue weighted by Crippen LogP contribution is 2.15. The summed E-state index contributed by atoms with van der Waals surface area (Å²) in [6.07, 6.45) is 8.30. The predicted octanol–water partition coefficient (Wildman–Crippen LogP) is 2.04. The van der Waals surface area contributed by atoms with Crippen molar-refractivity contribution in [1.82, 2.24) is 14.5 Å². The van der Waals surface area contributed by atoms with Crippen LogP contribution in [0.1, 0.15) is 36.2 Å². The fourth-order valence-corrected chi connectivity index (χ4v) is 1.83. The fraction of sp³-hybridized carbons (Fsp3) is 0.385. The summed E-state index contributed by atoms with van der Waals surface area (Å²) in [5.41, 5.74) is 9.58. The molecule has 90 valence electrons. The van der Waals surface area contributed by atoms with Crippen LogP contribution in [0.4, 0.5) is 0 Å². The molecule has 0 aliphatic rings. The number of aryl methyl sites for hydroxylation is 1. The molecular formula is C13H18N4. The molecule has 0 aromatic carbocycles. The van der Waals surface area contributed by atoms with Crippen LogP contribution in [0, 0.1) is 6.92 Å². The molecule has 2 aromatic heterocycles. The Labute approximate surface area is 102 Å². The highest BCUT2D eigenvalue weighted by molar-refractivity contribution is 5.22.